The van der Waals surface area contributed by atoms with Gasteiger partial charge in [-0.3, -0.25) is 25.5 Å². The Labute approximate surface area is 136 Å². The van der Waals surface area contributed by atoms with E-state index in [4.69, 9.17) is 0 Å². The van der Waals surface area contributed by atoms with Gasteiger partial charge in [-0.1, -0.05) is 30.3 Å². The van der Waals surface area contributed by atoms with E-state index in [0.29, 0.717) is 10.6 Å². The highest BCUT2D eigenvalue weighted by atomic mass is 32.1. The maximum atomic E-state index is 12.1. The van der Waals surface area contributed by atoms with E-state index in [0.717, 1.165) is 11.1 Å². The van der Waals surface area contributed by atoms with Gasteiger partial charge in [0, 0.05) is 5.56 Å². The van der Waals surface area contributed by atoms with Crippen LogP contribution in [-0.2, 0) is 0 Å². The first kappa shape index (κ1) is 15.0. The number of carbonyl (C=O) groups excluding carboxylic acids is 2. The van der Waals surface area contributed by atoms with Crippen LogP contribution in [0.15, 0.2) is 47.8 Å². The number of amides is 2. The molecule has 23 heavy (non-hydrogen) atoms. The number of aromatic nitrogens is 2. The molecule has 3 rings (SSSR count). The molecule has 7 heteroatoms. The molecule has 0 atom stereocenters. The van der Waals surface area contributed by atoms with Crippen LogP contribution in [0.5, 0.6) is 0 Å². The van der Waals surface area contributed by atoms with Gasteiger partial charge < -0.3 is 0 Å². The lowest BCUT2D eigenvalue weighted by atomic mass is 10.1. The zero-order valence-electron chi connectivity index (χ0n) is 12.3. The Morgan fingerprint density at radius 1 is 1.09 bits per heavy atom. The quantitative estimate of drug-likeness (QED) is 0.646. The van der Waals surface area contributed by atoms with E-state index >= 15 is 0 Å². The number of hydrogen-bond acceptors (Lipinski definition) is 4. The van der Waals surface area contributed by atoms with Gasteiger partial charge in [-0.2, -0.15) is 5.10 Å². The normalized spacial score (nSPS) is 10.3. The highest BCUT2D eigenvalue weighted by Crippen LogP contribution is 2.17. The minimum atomic E-state index is -0.456. The number of rotatable bonds is 3. The number of nitrogens with one attached hydrogen (secondary N) is 3. The highest BCUT2D eigenvalue weighted by Gasteiger charge is 2.14. The molecule has 0 saturated carbocycles. The molecule has 116 valence electrons. The van der Waals surface area contributed by atoms with E-state index in [9.17, 15) is 9.59 Å². The Kier molecular flexibility index (Phi) is 4.20. The highest BCUT2D eigenvalue weighted by molar-refractivity contribution is 7.12. The second kappa shape index (κ2) is 6.45. The maximum Gasteiger partial charge on any atom is 0.287 e. The molecule has 3 aromatic rings. The molecule has 0 spiro atoms. The van der Waals surface area contributed by atoms with Crippen LogP contribution < -0.4 is 10.9 Å². The summed E-state index contributed by atoms with van der Waals surface area (Å²) in [6.45, 7) is 1.84. The van der Waals surface area contributed by atoms with Crippen LogP contribution >= 0.6 is 11.3 Å². The van der Waals surface area contributed by atoms with Crippen LogP contribution in [0.4, 0.5) is 0 Å². The first-order valence-corrected chi connectivity index (χ1v) is 7.78. The summed E-state index contributed by atoms with van der Waals surface area (Å²) >= 11 is 1.32. The summed E-state index contributed by atoms with van der Waals surface area (Å²) in [5.41, 5.74) is 7.48. The molecule has 3 N–H and O–H groups in total. The van der Waals surface area contributed by atoms with Crippen LogP contribution in [0.25, 0.3) is 11.3 Å². The third-order valence-corrected chi connectivity index (χ3v) is 4.27. The molecule has 0 aliphatic heterocycles. The summed E-state index contributed by atoms with van der Waals surface area (Å²) in [5, 5.41) is 8.59. The van der Waals surface area contributed by atoms with E-state index in [-0.39, 0.29) is 11.6 Å². The van der Waals surface area contributed by atoms with E-state index < -0.39 is 5.91 Å². The first-order valence-electron chi connectivity index (χ1n) is 6.91. The SMILES string of the molecule is Cc1ccsc1C(=O)NNC(=O)c1cc(-c2ccccc2)n[nH]1. The fourth-order valence-corrected chi connectivity index (χ4v) is 2.86. The fourth-order valence-electron chi connectivity index (χ4n) is 2.04. The molecule has 0 aliphatic carbocycles. The van der Waals surface area contributed by atoms with Gasteiger partial charge >= 0.3 is 0 Å². The average molecular weight is 326 g/mol. The molecule has 2 heterocycles. The summed E-state index contributed by atoms with van der Waals surface area (Å²) in [6.07, 6.45) is 0. The molecule has 0 fully saturated rings. The number of aryl methyl sites for hydroxylation is 1. The second-order valence-electron chi connectivity index (χ2n) is 4.87. The standard InChI is InChI=1S/C16H14N4O2S/c1-10-7-8-23-14(10)16(22)20-19-15(21)13-9-12(17-18-13)11-5-3-2-4-6-11/h2-9H,1H3,(H,17,18)(H,19,21)(H,20,22). The van der Waals surface area contributed by atoms with Crippen molar-refractivity contribution in [2.75, 3.05) is 0 Å². The summed E-state index contributed by atoms with van der Waals surface area (Å²) in [7, 11) is 0. The number of aromatic amines is 1. The predicted molar refractivity (Wildman–Crippen MR) is 88.0 cm³/mol. The molecule has 0 saturated heterocycles. The van der Waals surface area contributed by atoms with Crippen molar-refractivity contribution in [3.05, 3.63) is 64.0 Å². The Morgan fingerprint density at radius 2 is 1.83 bits per heavy atom. The number of carbonyl (C=O) groups is 2. The summed E-state index contributed by atoms with van der Waals surface area (Å²) in [5.74, 6) is -0.795. The zero-order chi connectivity index (χ0) is 16.2. The minimum absolute atomic E-state index is 0.270. The van der Waals surface area contributed by atoms with Gasteiger partial charge in [-0.25, -0.2) is 0 Å². The zero-order valence-corrected chi connectivity index (χ0v) is 13.1. The van der Waals surface area contributed by atoms with Crippen molar-refractivity contribution in [2.24, 2.45) is 0 Å². The van der Waals surface area contributed by atoms with Crippen molar-refractivity contribution in [1.29, 1.82) is 0 Å². The molecule has 0 bridgehead atoms. The van der Waals surface area contributed by atoms with Crippen molar-refractivity contribution in [3.8, 4) is 11.3 Å². The molecule has 6 nitrogen and oxygen atoms in total. The molecular weight excluding hydrogens is 312 g/mol. The van der Waals surface area contributed by atoms with Crippen LogP contribution in [-0.4, -0.2) is 22.0 Å². The van der Waals surface area contributed by atoms with Crippen molar-refractivity contribution in [3.63, 3.8) is 0 Å². The van der Waals surface area contributed by atoms with Crippen LogP contribution in [0.2, 0.25) is 0 Å². The minimum Gasteiger partial charge on any atom is -0.272 e. The molecule has 0 radical (unpaired) electrons. The average Bonchev–Trinajstić information content (AvgIpc) is 3.22. The lowest BCUT2D eigenvalue weighted by Crippen LogP contribution is -2.41. The van der Waals surface area contributed by atoms with E-state index in [1.54, 1.807) is 6.07 Å². The van der Waals surface area contributed by atoms with Gasteiger partial charge in [0.1, 0.15) is 5.69 Å². The topological polar surface area (TPSA) is 86.9 Å². The van der Waals surface area contributed by atoms with Crippen molar-refractivity contribution in [1.82, 2.24) is 21.0 Å². The Bertz CT molecular complexity index is 839. The smallest absolute Gasteiger partial charge is 0.272 e. The van der Waals surface area contributed by atoms with Crippen LogP contribution in [0.3, 0.4) is 0 Å². The maximum absolute atomic E-state index is 12.1. The van der Waals surface area contributed by atoms with Gasteiger partial charge in [0.25, 0.3) is 11.8 Å². The van der Waals surface area contributed by atoms with E-state index in [1.165, 1.54) is 11.3 Å². The first-order chi connectivity index (χ1) is 11.1. The number of nitrogens with zero attached hydrogens (tertiary/aromatic N) is 1. The summed E-state index contributed by atoms with van der Waals surface area (Å²) in [4.78, 5) is 24.6. The second-order valence-corrected chi connectivity index (χ2v) is 5.79. The third kappa shape index (κ3) is 3.29. The van der Waals surface area contributed by atoms with Gasteiger partial charge in [0.15, 0.2) is 0 Å². The number of hydrazine groups is 1. The van der Waals surface area contributed by atoms with Gasteiger partial charge in [-0.15, -0.1) is 11.3 Å². The summed E-state index contributed by atoms with van der Waals surface area (Å²) < 4.78 is 0. The lowest BCUT2D eigenvalue weighted by Gasteiger charge is -2.05. The monoisotopic (exact) mass is 326 g/mol. The van der Waals surface area contributed by atoms with E-state index in [1.807, 2.05) is 48.7 Å². The number of benzene rings is 1. The summed E-state index contributed by atoms with van der Waals surface area (Å²) in [6, 6.07) is 13.0. The van der Waals surface area contributed by atoms with Gasteiger partial charge in [0.2, 0.25) is 0 Å². The predicted octanol–water partition coefficient (Wildman–Crippen LogP) is 2.52. The molecular formula is C16H14N4O2S. The Balaban J connectivity index is 1.64. The molecule has 1 aromatic carbocycles. The lowest BCUT2D eigenvalue weighted by molar-refractivity contribution is 0.0845. The Hall–Kier alpha value is -2.93. The number of thiophene rings is 1. The molecule has 0 unspecified atom stereocenters. The molecule has 2 amide bonds. The van der Waals surface area contributed by atoms with Crippen LogP contribution in [0.1, 0.15) is 25.7 Å². The molecule has 0 aliphatic rings. The fraction of sp³-hybridized carbons (Fsp3) is 0.0625. The molecule has 2 aromatic heterocycles. The van der Waals surface area contributed by atoms with Crippen molar-refractivity contribution < 1.29 is 9.59 Å². The van der Waals surface area contributed by atoms with Crippen LogP contribution in [0, 0.1) is 6.92 Å². The van der Waals surface area contributed by atoms with Gasteiger partial charge in [-0.05, 0) is 30.0 Å². The van der Waals surface area contributed by atoms with Crippen molar-refractivity contribution in [2.45, 2.75) is 6.92 Å². The third-order valence-electron chi connectivity index (χ3n) is 3.25. The Morgan fingerprint density at radius 3 is 2.52 bits per heavy atom. The van der Waals surface area contributed by atoms with Gasteiger partial charge in [0.05, 0.1) is 10.6 Å². The number of hydrogen-bond donors (Lipinski definition) is 3. The number of H-pyrrole nitrogens is 1. The largest absolute Gasteiger partial charge is 0.287 e. The van der Waals surface area contributed by atoms with Crippen molar-refractivity contribution >= 4 is 23.2 Å². The van der Waals surface area contributed by atoms with E-state index in [2.05, 4.69) is 21.0 Å².